The summed E-state index contributed by atoms with van der Waals surface area (Å²) in [6, 6.07) is 13.8. The van der Waals surface area contributed by atoms with E-state index in [9.17, 15) is 17.6 Å². The van der Waals surface area contributed by atoms with Crippen molar-refractivity contribution in [2.45, 2.75) is 51.9 Å². The van der Waals surface area contributed by atoms with E-state index in [1.165, 1.54) is 6.07 Å². The molecule has 1 aliphatic rings. The average Bonchev–Trinajstić information content (AvgIpc) is 2.88. The van der Waals surface area contributed by atoms with E-state index in [0.29, 0.717) is 24.0 Å². The molecule has 1 saturated carbocycles. The third kappa shape index (κ3) is 5.44. The number of allylic oxidation sites excluding steroid dienone is 1. The Balaban J connectivity index is 1.42. The molecule has 0 unspecified atom stereocenters. The fourth-order valence-electron chi connectivity index (χ4n) is 4.83. The molecular formula is C30H30F4O. The van der Waals surface area contributed by atoms with Gasteiger partial charge < -0.3 is 4.74 Å². The van der Waals surface area contributed by atoms with E-state index in [1.807, 2.05) is 37.3 Å². The van der Waals surface area contributed by atoms with Crippen molar-refractivity contribution in [3.63, 3.8) is 0 Å². The largest absolute Gasteiger partial charge is 0.491 e. The summed E-state index contributed by atoms with van der Waals surface area (Å²) < 4.78 is 63.5. The molecule has 0 spiro atoms. The Morgan fingerprint density at radius 1 is 0.771 bits per heavy atom. The number of hydrogen-bond acceptors (Lipinski definition) is 1. The molecule has 0 radical (unpaired) electrons. The van der Waals surface area contributed by atoms with Gasteiger partial charge in [-0.3, -0.25) is 0 Å². The molecule has 35 heavy (non-hydrogen) atoms. The molecule has 1 fully saturated rings. The highest BCUT2D eigenvalue weighted by Crippen LogP contribution is 2.39. The molecule has 0 saturated heterocycles. The number of rotatable bonds is 7. The normalized spacial score (nSPS) is 18.2. The van der Waals surface area contributed by atoms with Gasteiger partial charge in [-0.1, -0.05) is 61.5 Å². The van der Waals surface area contributed by atoms with Gasteiger partial charge in [0.2, 0.25) is 5.82 Å². The van der Waals surface area contributed by atoms with Crippen LogP contribution in [0.3, 0.4) is 0 Å². The second-order valence-corrected chi connectivity index (χ2v) is 9.07. The summed E-state index contributed by atoms with van der Waals surface area (Å²) in [6.45, 7) is 4.03. The van der Waals surface area contributed by atoms with Gasteiger partial charge in [0.1, 0.15) is 0 Å². The minimum Gasteiger partial charge on any atom is -0.491 e. The van der Waals surface area contributed by atoms with Crippen molar-refractivity contribution >= 4 is 6.08 Å². The van der Waals surface area contributed by atoms with Gasteiger partial charge in [-0.15, -0.1) is 0 Å². The van der Waals surface area contributed by atoms with Crippen LogP contribution in [0.25, 0.3) is 17.2 Å². The van der Waals surface area contributed by atoms with Crippen LogP contribution in [0.5, 0.6) is 5.75 Å². The molecule has 0 aliphatic heterocycles. The molecule has 0 bridgehead atoms. The number of hydrogen-bond donors (Lipinski definition) is 0. The minimum atomic E-state index is -0.936. The first-order valence-corrected chi connectivity index (χ1v) is 12.3. The quantitative estimate of drug-likeness (QED) is 0.306. The standard InChI is InChI=1S/C30H30F4O/c1-3-19-5-10-21(11-6-19)24-16-15-23(27(31)28(24)32)14-9-20-7-12-22(13-8-20)25-17-18-26(35-4-2)30(34)29(25)33/h5-6,9-11,14-18,20,22H,3-4,7-8,12-13H2,1-2H3. The Hall–Kier alpha value is -3.08. The maximum absolute atomic E-state index is 14.8. The number of benzene rings is 3. The van der Waals surface area contributed by atoms with E-state index < -0.39 is 23.3 Å². The SMILES string of the molecule is CCOc1ccc(C2CCC(C=Cc3ccc(-c4ccc(CC)cc4)c(F)c3F)CC2)c(F)c1F. The Labute approximate surface area is 204 Å². The molecule has 1 nitrogen and oxygen atoms in total. The number of aryl methyl sites for hydroxylation is 1. The summed E-state index contributed by atoms with van der Waals surface area (Å²) in [7, 11) is 0. The lowest BCUT2D eigenvalue weighted by atomic mass is 9.78. The Morgan fingerprint density at radius 2 is 1.49 bits per heavy atom. The van der Waals surface area contributed by atoms with Crippen LogP contribution in [-0.2, 0) is 6.42 Å². The predicted octanol–water partition coefficient (Wildman–Crippen LogP) is 8.86. The minimum absolute atomic E-state index is 0.0661. The maximum Gasteiger partial charge on any atom is 0.200 e. The summed E-state index contributed by atoms with van der Waals surface area (Å²) in [6.07, 6.45) is 7.34. The fourth-order valence-corrected chi connectivity index (χ4v) is 4.83. The highest BCUT2D eigenvalue weighted by atomic mass is 19.2. The van der Waals surface area contributed by atoms with Gasteiger partial charge in [-0.2, -0.15) is 4.39 Å². The molecule has 0 amide bonds. The lowest BCUT2D eigenvalue weighted by molar-refractivity contribution is 0.310. The van der Waals surface area contributed by atoms with Crippen molar-refractivity contribution < 1.29 is 22.3 Å². The van der Waals surface area contributed by atoms with Crippen LogP contribution in [0.15, 0.2) is 54.6 Å². The van der Waals surface area contributed by atoms with E-state index in [2.05, 4.69) is 0 Å². The lowest BCUT2D eigenvalue weighted by Gasteiger charge is -2.27. The molecular weight excluding hydrogens is 452 g/mol. The molecule has 0 heterocycles. The van der Waals surface area contributed by atoms with Crippen molar-refractivity contribution in [2.75, 3.05) is 6.61 Å². The summed E-state index contributed by atoms with van der Waals surface area (Å²) in [5, 5.41) is 0. The first kappa shape index (κ1) is 25.0. The van der Waals surface area contributed by atoms with Crippen LogP contribution in [0.1, 0.15) is 62.1 Å². The van der Waals surface area contributed by atoms with Gasteiger partial charge >= 0.3 is 0 Å². The second-order valence-electron chi connectivity index (χ2n) is 9.07. The van der Waals surface area contributed by atoms with Gasteiger partial charge in [-0.05, 0) is 73.6 Å². The molecule has 4 rings (SSSR count). The molecule has 184 valence electrons. The van der Waals surface area contributed by atoms with Crippen LogP contribution in [0.4, 0.5) is 17.6 Å². The van der Waals surface area contributed by atoms with Crippen molar-refractivity contribution in [2.24, 2.45) is 5.92 Å². The Morgan fingerprint density at radius 3 is 2.14 bits per heavy atom. The third-order valence-electron chi connectivity index (χ3n) is 6.92. The second kappa shape index (κ2) is 11.1. The van der Waals surface area contributed by atoms with Crippen LogP contribution in [-0.4, -0.2) is 6.61 Å². The molecule has 3 aromatic rings. The summed E-state index contributed by atoms with van der Waals surface area (Å²) in [5.41, 5.74) is 2.61. The van der Waals surface area contributed by atoms with Crippen molar-refractivity contribution in [3.05, 3.63) is 94.6 Å². The summed E-state index contributed by atoms with van der Waals surface area (Å²) in [5.74, 6) is -3.45. The summed E-state index contributed by atoms with van der Waals surface area (Å²) >= 11 is 0. The zero-order valence-corrected chi connectivity index (χ0v) is 20.1. The molecule has 0 N–H and O–H groups in total. The molecule has 0 atom stereocenters. The molecule has 0 aromatic heterocycles. The van der Waals surface area contributed by atoms with E-state index >= 15 is 0 Å². The van der Waals surface area contributed by atoms with Gasteiger partial charge in [-0.25, -0.2) is 13.2 Å². The number of ether oxygens (including phenoxy) is 1. The van der Waals surface area contributed by atoms with Crippen molar-refractivity contribution in [1.29, 1.82) is 0 Å². The van der Waals surface area contributed by atoms with Crippen molar-refractivity contribution in [3.8, 4) is 16.9 Å². The third-order valence-corrected chi connectivity index (χ3v) is 6.92. The first-order chi connectivity index (χ1) is 16.9. The van der Waals surface area contributed by atoms with Gasteiger partial charge in [0, 0.05) is 11.1 Å². The van der Waals surface area contributed by atoms with Crippen LogP contribution >= 0.6 is 0 Å². The topological polar surface area (TPSA) is 9.23 Å². The highest BCUT2D eigenvalue weighted by molar-refractivity contribution is 5.67. The van der Waals surface area contributed by atoms with E-state index in [-0.39, 0.29) is 35.3 Å². The Bertz CT molecular complexity index is 1190. The van der Waals surface area contributed by atoms with Crippen LogP contribution in [0, 0.1) is 29.2 Å². The lowest BCUT2D eigenvalue weighted by Crippen LogP contribution is -2.14. The highest BCUT2D eigenvalue weighted by Gasteiger charge is 2.26. The van der Waals surface area contributed by atoms with Crippen molar-refractivity contribution in [1.82, 2.24) is 0 Å². The van der Waals surface area contributed by atoms with E-state index in [1.54, 1.807) is 31.2 Å². The number of halogens is 4. The van der Waals surface area contributed by atoms with E-state index in [0.717, 1.165) is 24.8 Å². The van der Waals surface area contributed by atoms with Crippen LogP contribution < -0.4 is 4.74 Å². The predicted molar refractivity (Wildman–Crippen MR) is 132 cm³/mol. The zero-order valence-electron chi connectivity index (χ0n) is 20.1. The maximum atomic E-state index is 14.8. The zero-order chi connectivity index (χ0) is 24.9. The van der Waals surface area contributed by atoms with Gasteiger partial charge in [0.05, 0.1) is 6.61 Å². The fraction of sp³-hybridized carbons (Fsp3) is 0.333. The monoisotopic (exact) mass is 482 g/mol. The van der Waals surface area contributed by atoms with E-state index in [4.69, 9.17) is 4.74 Å². The Kier molecular flexibility index (Phi) is 7.94. The summed E-state index contributed by atoms with van der Waals surface area (Å²) in [4.78, 5) is 0. The molecule has 1 aliphatic carbocycles. The van der Waals surface area contributed by atoms with Gasteiger partial charge in [0.25, 0.3) is 0 Å². The molecule has 5 heteroatoms. The average molecular weight is 483 g/mol. The smallest absolute Gasteiger partial charge is 0.200 e. The van der Waals surface area contributed by atoms with Crippen LogP contribution in [0.2, 0.25) is 0 Å². The molecule has 3 aromatic carbocycles. The van der Waals surface area contributed by atoms with Gasteiger partial charge in [0.15, 0.2) is 23.2 Å². The first-order valence-electron chi connectivity index (χ1n) is 12.3.